The number of thioether (sulfide) groups is 1. The Morgan fingerprint density at radius 2 is 1.75 bits per heavy atom. The third kappa shape index (κ3) is 5.24. The predicted octanol–water partition coefficient (Wildman–Crippen LogP) is 4.48. The fraction of sp³-hybridized carbons (Fsp3) is 0.333. The van der Waals surface area contributed by atoms with E-state index in [0.29, 0.717) is 17.2 Å². The molecule has 24 heavy (non-hydrogen) atoms. The molecule has 0 fully saturated rings. The molecule has 0 amide bonds. The van der Waals surface area contributed by atoms with Crippen LogP contribution in [0, 0.1) is 20.8 Å². The van der Waals surface area contributed by atoms with Crippen LogP contribution in [-0.2, 0) is 15.8 Å². The fourth-order valence-corrected chi connectivity index (χ4v) is 5.36. The van der Waals surface area contributed by atoms with Crippen LogP contribution in [0.5, 0.6) is 0 Å². The molecular formula is C18H22ClNO2S2. The van der Waals surface area contributed by atoms with Gasteiger partial charge in [-0.05, 0) is 49.6 Å². The molecule has 1 N–H and O–H groups in total. The first-order valence-corrected chi connectivity index (χ1v) is 10.7. The average molecular weight is 384 g/mol. The number of hydrogen-bond acceptors (Lipinski definition) is 3. The zero-order valence-electron chi connectivity index (χ0n) is 14.1. The minimum Gasteiger partial charge on any atom is -0.210 e. The third-order valence-electron chi connectivity index (χ3n) is 3.57. The van der Waals surface area contributed by atoms with Crippen LogP contribution in [0.25, 0.3) is 0 Å². The van der Waals surface area contributed by atoms with Crippen molar-refractivity contribution in [2.24, 2.45) is 0 Å². The van der Waals surface area contributed by atoms with Crippen molar-refractivity contribution in [2.45, 2.75) is 31.4 Å². The number of aryl methyl sites for hydroxylation is 3. The molecule has 0 aliphatic carbocycles. The van der Waals surface area contributed by atoms with Crippen LogP contribution < -0.4 is 4.72 Å². The summed E-state index contributed by atoms with van der Waals surface area (Å²) in [4.78, 5) is 0.396. The summed E-state index contributed by atoms with van der Waals surface area (Å²) in [5.74, 6) is 1.51. The molecule has 2 aromatic carbocycles. The predicted molar refractivity (Wildman–Crippen MR) is 103 cm³/mol. The molecule has 0 bridgehead atoms. The summed E-state index contributed by atoms with van der Waals surface area (Å²) in [6.45, 7) is 6.04. The van der Waals surface area contributed by atoms with E-state index in [1.165, 1.54) is 0 Å². The Hall–Kier alpha value is -1.01. The van der Waals surface area contributed by atoms with Crippen LogP contribution in [0.15, 0.2) is 41.3 Å². The van der Waals surface area contributed by atoms with E-state index in [1.807, 2.05) is 57.2 Å². The zero-order valence-corrected chi connectivity index (χ0v) is 16.5. The maximum atomic E-state index is 12.5. The van der Waals surface area contributed by atoms with Gasteiger partial charge in [0.15, 0.2) is 0 Å². The monoisotopic (exact) mass is 383 g/mol. The van der Waals surface area contributed by atoms with Crippen LogP contribution in [0.4, 0.5) is 0 Å². The highest BCUT2D eigenvalue weighted by molar-refractivity contribution is 7.98. The largest absolute Gasteiger partial charge is 0.241 e. The van der Waals surface area contributed by atoms with Gasteiger partial charge in [0.05, 0.1) is 4.90 Å². The summed E-state index contributed by atoms with van der Waals surface area (Å²) in [5.41, 5.74) is 3.78. The van der Waals surface area contributed by atoms with E-state index in [2.05, 4.69) is 4.72 Å². The number of hydrogen-bond donors (Lipinski definition) is 1. The first-order valence-electron chi connectivity index (χ1n) is 7.69. The van der Waals surface area contributed by atoms with E-state index >= 15 is 0 Å². The lowest BCUT2D eigenvalue weighted by Gasteiger charge is -2.13. The Bertz CT molecular complexity index is 797. The van der Waals surface area contributed by atoms with Crippen LogP contribution >= 0.6 is 23.4 Å². The van der Waals surface area contributed by atoms with Gasteiger partial charge >= 0.3 is 0 Å². The minimum atomic E-state index is -3.47. The topological polar surface area (TPSA) is 46.2 Å². The standard InChI is InChI=1S/C18H22ClNO2S2/c1-13-9-14(2)18(15(3)10-13)24(21,22)20-7-8-23-12-16-5-4-6-17(19)11-16/h4-6,9-11,20H,7-8,12H2,1-3H3. The van der Waals surface area contributed by atoms with Crippen molar-refractivity contribution in [3.05, 3.63) is 63.7 Å². The number of nitrogens with one attached hydrogen (secondary N) is 1. The summed E-state index contributed by atoms with van der Waals surface area (Å²) in [6, 6.07) is 11.5. The number of halogens is 1. The highest BCUT2D eigenvalue weighted by Gasteiger charge is 2.19. The maximum Gasteiger partial charge on any atom is 0.241 e. The highest BCUT2D eigenvalue weighted by Crippen LogP contribution is 2.21. The molecular weight excluding hydrogens is 362 g/mol. The van der Waals surface area contributed by atoms with Gasteiger partial charge in [-0.25, -0.2) is 13.1 Å². The molecule has 0 saturated carbocycles. The first kappa shape index (κ1) is 19.3. The minimum absolute atomic E-state index is 0.396. The van der Waals surface area contributed by atoms with Gasteiger partial charge in [-0.3, -0.25) is 0 Å². The number of rotatable bonds is 7. The van der Waals surface area contributed by atoms with Crippen LogP contribution in [0.1, 0.15) is 22.3 Å². The Morgan fingerprint density at radius 3 is 2.38 bits per heavy atom. The Labute approximate surface area is 153 Å². The van der Waals surface area contributed by atoms with Gasteiger partial charge in [0.1, 0.15) is 0 Å². The summed E-state index contributed by atoms with van der Waals surface area (Å²) >= 11 is 7.63. The van der Waals surface area contributed by atoms with E-state index in [0.717, 1.165) is 33.0 Å². The van der Waals surface area contributed by atoms with Gasteiger partial charge in [0.2, 0.25) is 10.0 Å². The Kier molecular flexibility index (Phi) is 6.75. The molecule has 0 unspecified atom stereocenters. The maximum absolute atomic E-state index is 12.5. The van der Waals surface area contributed by atoms with Gasteiger partial charge in [-0.2, -0.15) is 11.8 Å². The smallest absolute Gasteiger partial charge is 0.210 e. The summed E-state index contributed by atoms with van der Waals surface area (Å²) < 4.78 is 27.7. The SMILES string of the molecule is Cc1cc(C)c(S(=O)(=O)NCCSCc2cccc(Cl)c2)c(C)c1. The van der Waals surface area contributed by atoms with Crippen LogP contribution in [-0.4, -0.2) is 20.7 Å². The van der Waals surface area contributed by atoms with Crippen LogP contribution in [0.3, 0.4) is 0 Å². The summed E-state index contributed by atoms with van der Waals surface area (Å²) in [5, 5.41) is 0.721. The van der Waals surface area contributed by atoms with Crippen molar-refractivity contribution in [3.63, 3.8) is 0 Å². The fourth-order valence-electron chi connectivity index (χ4n) is 2.73. The molecule has 0 spiro atoms. The van der Waals surface area contributed by atoms with Crippen LogP contribution in [0.2, 0.25) is 5.02 Å². The molecule has 0 heterocycles. The highest BCUT2D eigenvalue weighted by atomic mass is 35.5. The summed E-state index contributed by atoms with van der Waals surface area (Å²) in [6.07, 6.45) is 0. The van der Waals surface area contributed by atoms with Crippen molar-refractivity contribution in [3.8, 4) is 0 Å². The van der Waals surface area contributed by atoms with Crippen molar-refractivity contribution >= 4 is 33.4 Å². The normalized spacial score (nSPS) is 11.7. The third-order valence-corrected chi connectivity index (χ3v) is 6.60. The number of benzene rings is 2. The van der Waals surface area contributed by atoms with Crippen molar-refractivity contribution < 1.29 is 8.42 Å². The van der Waals surface area contributed by atoms with E-state index in [4.69, 9.17) is 11.6 Å². The summed E-state index contributed by atoms with van der Waals surface area (Å²) in [7, 11) is -3.47. The Balaban J connectivity index is 1.90. The molecule has 0 aromatic heterocycles. The molecule has 0 aliphatic rings. The van der Waals surface area contributed by atoms with E-state index in [9.17, 15) is 8.42 Å². The first-order chi connectivity index (χ1) is 11.3. The lowest BCUT2D eigenvalue weighted by atomic mass is 10.1. The Morgan fingerprint density at radius 1 is 1.08 bits per heavy atom. The molecule has 0 radical (unpaired) electrons. The second-order valence-corrected chi connectivity index (χ2v) is 9.05. The molecule has 0 saturated heterocycles. The van der Waals surface area contributed by atoms with Gasteiger partial charge in [0.25, 0.3) is 0 Å². The zero-order chi connectivity index (χ0) is 17.7. The van der Waals surface area contributed by atoms with E-state index < -0.39 is 10.0 Å². The van der Waals surface area contributed by atoms with Gasteiger partial charge in [-0.1, -0.05) is 41.4 Å². The lowest BCUT2D eigenvalue weighted by Crippen LogP contribution is -2.27. The second kappa shape index (κ2) is 8.39. The lowest BCUT2D eigenvalue weighted by molar-refractivity contribution is 0.583. The van der Waals surface area contributed by atoms with Crippen molar-refractivity contribution in [1.82, 2.24) is 4.72 Å². The molecule has 2 rings (SSSR count). The van der Waals surface area contributed by atoms with Crippen molar-refractivity contribution in [2.75, 3.05) is 12.3 Å². The quantitative estimate of drug-likeness (QED) is 0.717. The van der Waals surface area contributed by atoms with Gasteiger partial charge < -0.3 is 0 Å². The molecule has 2 aromatic rings. The van der Waals surface area contributed by atoms with E-state index in [-0.39, 0.29) is 0 Å². The number of sulfonamides is 1. The van der Waals surface area contributed by atoms with Gasteiger partial charge in [0, 0.05) is 23.1 Å². The molecule has 0 aliphatic heterocycles. The van der Waals surface area contributed by atoms with E-state index in [1.54, 1.807) is 11.8 Å². The molecule has 6 heteroatoms. The van der Waals surface area contributed by atoms with Gasteiger partial charge in [-0.15, -0.1) is 0 Å². The molecule has 3 nitrogen and oxygen atoms in total. The second-order valence-electron chi connectivity index (χ2n) is 5.81. The molecule has 130 valence electrons. The average Bonchev–Trinajstić information content (AvgIpc) is 2.45. The van der Waals surface area contributed by atoms with Crippen molar-refractivity contribution in [1.29, 1.82) is 0 Å². The molecule has 0 atom stereocenters.